The lowest BCUT2D eigenvalue weighted by Gasteiger charge is -2.05. The quantitative estimate of drug-likeness (QED) is 0.841. The van der Waals surface area contributed by atoms with E-state index in [9.17, 15) is 0 Å². The lowest BCUT2D eigenvalue weighted by molar-refractivity contribution is 0.692. The summed E-state index contributed by atoms with van der Waals surface area (Å²) < 4.78 is 1.92. The SMILES string of the molecule is CCNc1cc(CSc2cc(C)nn2C)ccn1. The van der Waals surface area contributed by atoms with E-state index in [1.54, 1.807) is 11.8 Å². The van der Waals surface area contributed by atoms with Gasteiger partial charge in [0, 0.05) is 25.5 Å². The average Bonchev–Trinajstić information content (AvgIpc) is 2.66. The molecule has 96 valence electrons. The molecule has 0 saturated carbocycles. The van der Waals surface area contributed by atoms with Gasteiger partial charge < -0.3 is 5.32 Å². The third-order valence-electron chi connectivity index (χ3n) is 2.53. The van der Waals surface area contributed by atoms with Crippen LogP contribution < -0.4 is 5.32 Å². The molecule has 0 bridgehead atoms. The lowest BCUT2D eigenvalue weighted by Crippen LogP contribution is -1.99. The Morgan fingerprint density at radius 2 is 2.22 bits per heavy atom. The zero-order chi connectivity index (χ0) is 13.0. The predicted molar refractivity (Wildman–Crippen MR) is 75.9 cm³/mol. The Hall–Kier alpha value is -1.49. The van der Waals surface area contributed by atoms with Crippen LogP contribution in [0.5, 0.6) is 0 Å². The number of aromatic nitrogens is 3. The summed E-state index contributed by atoms with van der Waals surface area (Å²) in [5.41, 5.74) is 2.33. The minimum absolute atomic E-state index is 0.893. The Kier molecular flexibility index (Phi) is 4.25. The minimum Gasteiger partial charge on any atom is -0.370 e. The molecule has 2 rings (SSSR count). The number of hydrogen-bond donors (Lipinski definition) is 1. The van der Waals surface area contributed by atoms with Gasteiger partial charge in [0.05, 0.1) is 10.7 Å². The molecule has 0 aliphatic rings. The molecule has 2 heterocycles. The van der Waals surface area contributed by atoms with Crippen molar-refractivity contribution in [3.05, 3.63) is 35.7 Å². The highest BCUT2D eigenvalue weighted by Gasteiger charge is 2.03. The van der Waals surface area contributed by atoms with E-state index in [-0.39, 0.29) is 0 Å². The molecule has 18 heavy (non-hydrogen) atoms. The van der Waals surface area contributed by atoms with Crippen molar-refractivity contribution >= 4 is 17.6 Å². The van der Waals surface area contributed by atoms with Crippen molar-refractivity contribution in [3.63, 3.8) is 0 Å². The number of nitrogens with one attached hydrogen (secondary N) is 1. The molecular weight excluding hydrogens is 244 g/mol. The van der Waals surface area contributed by atoms with E-state index in [4.69, 9.17) is 0 Å². The molecule has 2 aromatic rings. The van der Waals surface area contributed by atoms with Gasteiger partial charge in [-0.15, -0.1) is 11.8 Å². The second-order valence-electron chi connectivity index (χ2n) is 4.12. The number of thioether (sulfide) groups is 1. The van der Waals surface area contributed by atoms with Crippen molar-refractivity contribution in [3.8, 4) is 0 Å². The van der Waals surface area contributed by atoms with Crippen LogP contribution in [0, 0.1) is 6.92 Å². The topological polar surface area (TPSA) is 42.7 Å². The van der Waals surface area contributed by atoms with Crippen LogP contribution >= 0.6 is 11.8 Å². The summed E-state index contributed by atoms with van der Waals surface area (Å²) >= 11 is 1.79. The first-order chi connectivity index (χ1) is 8.69. The zero-order valence-electron chi connectivity index (χ0n) is 11.0. The van der Waals surface area contributed by atoms with Crippen LogP contribution in [0.25, 0.3) is 0 Å². The number of pyridine rings is 1. The highest BCUT2D eigenvalue weighted by atomic mass is 32.2. The van der Waals surface area contributed by atoms with E-state index in [1.165, 1.54) is 10.6 Å². The molecule has 0 amide bonds. The first kappa shape index (κ1) is 13.0. The highest BCUT2D eigenvalue weighted by molar-refractivity contribution is 7.98. The Bertz CT molecular complexity index is 521. The van der Waals surface area contributed by atoms with E-state index in [1.807, 2.05) is 24.9 Å². The van der Waals surface area contributed by atoms with Gasteiger partial charge in [0.25, 0.3) is 0 Å². The number of hydrogen-bond acceptors (Lipinski definition) is 4. The van der Waals surface area contributed by atoms with Gasteiger partial charge in [-0.25, -0.2) is 4.98 Å². The number of anilines is 1. The van der Waals surface area contributed by atoms with Crippen LogP contribution in [-0.2, 0) is 12.8 Å². The number of nitrogens with zero attached hydrogens (tertiary/aromatic N) is 3. The molecule has 0 aromatic carbocycles. The summed E-state index contributed by atoms with van der Waals surface area (Å²) in [6.07, 6.45) is 1.85. The molecule has 2 aromatic heterocycles. The van der Waals surface area contributed by atoms with Gasteiger partial charge in [-0.05, 0) is 37.6 Å². The maximum absolute atomic E-state index is 4.34. The average molecular weight is 262 g/mol. The highest BCUT2D eigenvalue weighted by Crippen LogP contribution is 2.23. The van der Waals surface area contributed by atoms with Crippen molar-refractivity contribution in [2.45, 2.75) is 24.6 Å². The Morgan fingerprint density at radius 3 is 2.89 bits per heavy atom. The monoisotopic (exact) mass is 262 g/mol. The Morgan fingerprint density at radius 1 is 1.39 bits per heavy atom. The van der Waals surface area contributed by atoms with Crippen LogP contribution in [0.15, 0.2) is 29.4 Å². The van der Waals surface area contributed by atoms with Gasteiger partial charge in [-0.3, -0.25) is 4.68 Å². The van der Waals surface area contributed by atoms with E-state index in [2.05, 4.69) is 40.5 Å². The third-order valence-corrected chi connectivity index (χ3v) is 3.68. The molecule has 0 radical (unpaired) electrons. The molecule has 0 fully saturated rings. The van der Waals surface area contributed by atoms with Crippen LogP contribution in [0.2, 0.25) is 0 Å². The van der Waals surface area contributed by atoms with E-state index >= 15 is 0 Å². The fourth-order valence-electron chi connectivity index (χ4n) is 1.72. The Labute approximate surface area is 112 Å². The second kappa shape index (κ2) is 5.91. The molecular formula is C13H18N4S. The van der Waals surface area contributed by atoms with Gasteiger partial charge in [-0.1, -0.05) is 0 Å². The largest absolute Gasteiger partial charge is 0.370 e. The minimum atomic E-state index is 0.893. The molecule has 0 atom stereocenters. The van der Waals surface area contributed by atoms with Gasteiger partial charge in [-0.2, -0.15) is 5.10 Å². The number of aryl methyl sites for hydroxylation is 2. The van der Waals surface area contributed by atoms with Gasteiger partial charge in [0.2, 0.25) is 0 Å². The molecule has 1 N–H and O–H groups in total. The first-order valence-electron chi connectivity index (χ1n) is 6.01. The molecule has 0 aliphatic heterocycles. The maximum Gasteiger partial charge on any atom is 0.126 e. The molecule has 5 heteroatoms. The summed E-state index contributed by atoms with van der Waals surface area (Å²) in [6, 6.07) is 6.26. The molecule has 0 saturated heterocycles. The van der Waals surface area contributed by atoms with E-state index in [0.717, 1.165) is 23.8 Å². The number of rotatable bonds is 5. The summed E-state index contributed by atoms with van der Waals surface area (Å²) in [4.78, 5) is 4.27. The van der Waals surface area contributed by atoms with Gasteiger partial charge in [0.1, 0.15) is 5.82 Å². The fraction of sp³-hybridized carbons (Fsp3) is 0.385. The van der Waals surface area contributed by atoms with E-state index in [0.29, 0.717) is 0 Å². The van der Waals surface area contributed by atoms with Crippen LogP contribution in [0.3, 0.4) is 0 Å². The smallest absolute Gasteiger partial charge is 0.126 e. The second-order valence-corrected chi connectivity index (χ2v) is 5.11. The van der Waals surface area contributed by atoms with Crippen molar-refractivity contribution in [1.82, 2.24) is 14.8 Å². The normalized spacial score (nSPS) is 10.6. The Balaban J connectivity index is 2.01. The standard InChI is InChI=1S/C13H18N4S/c1-4-14-12-8-11(5-6-15-12)9-18-13-7-10(2)16-17(13)3/h5-8H,4,9H2,1-3H3,(H,14,15). The van der Waals surface area contributed by atoms with E-state index < -0.39 is 0 Å². The van der Waals surface area contributed by atoms with Crippen molar-refractivity contribution < 1.29 is 0 Å². The van der Waals surface area contributed by atoms with Gasteiger partial charge >= 0.3 is 0 Å². The lowest BCUT2D eigenvalue weighted by atomic mass is 10.3. The summed E-state index contributed by atoms with van der Waals surface area (Å²) in [6.45, 7) is 4.98. The van der Waals surface area contributed by atoms with Crippen molar-refractivity contribution in [2.75, 3.05) is 11.9 Å². The molecule has 0 spiro atoms. The third kappa shape index (κ3) is 3.26. The van der Waals surface area contributed by atoms with Gasteiger partial charge in [0.15, 0.2) is 0 Å². The van der Waals surface area contributed by atoms with Crippen molar-refractivity contribution in [2.24, 2.45) is 7.05 Å². The summed E-state index contributed by atoms with van der Waals surface area (Å²) in [7, 11) is 1.98. The summed E-state index contributed by atoms with van der Waals surface area (Å²) in [5, 5.41) is 8.75. The molecule has 0 unspecified atom stereocenters. The fourth-order valence-corrected chi connectivity index (χ4v) is 2.70. The molecule has 0 aliphatic carbocycles. The van der Waals surface area contributed by atoms with Crippen LogP contribution in [-0.4, -0.2) is 21.3 Å². The zero-order valence-corrected chi connectivity index (χ0v) is 11.8. The molecule has 4 nitrogen and oxygen atoms in total. The summed E-state index contributed by atoms with van der Waals surface area (Å²) in [5.74, 6) is 1.87. The van der Waals surface area contributed by atoms with Crippen LogP contribution in [0.1, 0.15) is 18.2 Å². The van der Waals surface area contributed by atoms with Crippen LogP contribution in [0.4, 0.5) is 5.82 Å². The maximum atomic E-state index is 4.34. The first-order valence-corrected chi connectivity index (χ1v) is 7.00. The predicted octanol–water partition coefficient (Wildman–Crippen LogP) is 2.85. The van der Waals surface area contributed by atoms with Crippen molar-refractivity contribution in [1.29, 1.82) is 0 Å².